The Balaban J connectivity index is 1.50. The molecule has 4 aromatic rings. The minimum atomic E-state index is -1.16. The van der Waals surface area contributed by atoms with Crippen LogP contribution in [0.3, 0.4) is 0 Å². The van der Waals surface area contributed by atoms with Crippen molar-refractivity contribution in [2.45, 2.75) is 26.3 Å². The molecule has 8 nitrogen and oxygen atoms in total. The zero-order chi connectivity index (χ0) is 28.9. The second kappa shape index (κ2) is 12.2. The van der Waals surface area contributed by atoms with Crippen LogP contribution in [0.25, 0.3) is 11.1 Å². The van der Waals surface area contributed by atoms with Crippen LogP contribution in [0.1, 0.15) is 50.5 Å². The summed E-state index contributed by atoms with van der Waals surface area (Å²) in [5.74, 6) is -1.55. The first-order chi connectivity index (χ1) is 19.9. The third-order valence-electron chi connectivity index (χ3n) is 6.70. The van der Waals surface area contributed by atoms with Crippen LogP contribution < -0.4 is 10.1 Å². The third-order valence-corrected chi connectivity index (χ3v) is 7.59. The van der Waals surface area contributed by atoms with Crippen molar-refractivity contribution in [1.29, 1.82) is 0 Å². The summed E-state index contributed by atoms with van der Waals surface area (Å²) in [5, 5.41) is 4.88. The molecule has 41 heavy (non-hydrogen) atoms. The molecule has 0 saturated carbocycles. The van der Waals surface area contributed by atoms with Crippen LogP contribution >= 0.6 is 11.3 Å². The van der Waals surface area contributed by atoms with Gasteiger partial charge in [0.15, 0.2) is 0 Å². The highest BCUT2D eigenvalue weighted by molar-refractivity contribution is 7.15. The number of carbonyl (C=O) groups excluding carboxylic acids is 4. The lowest BCUT2D eigenvalue weighted by Gasteiger charge is -2.25. The topological polar surface area (TPSA) is 102 Å². The molecule has 1 N–H and O–H groups in total. The molecule has 2 heterocycles. The van der Waals surface area contributed by atoms with E-state index in [1.54, 1.807) is 36.6 Å². The molecule has 1 unspecified atom stereocenters. The van der Waals surface area contributed by atoms with E-state index in [1.807, 2.05) is 61.5 Å². The number of rotatable bonds is 10. The van der Waals surface area contributed by atoms with Gasteiger partial charge in [-0.3, -0.25) is 19.3 Å². The van der Waals surface area contributed by atoms with E-state index in [9.17, 15) is 19.2 Å². The Kier molecular flexibility index (Phi) is 8.26. The van der Waals surface area contributed by atoms with E-state index < -0.39 is 29.7 Å². The highest BCUT2D eigenvalue weighted by Crippen LogP contribution is 2.37. The van der Waals surface area contributed by atoms with Crippen molar-refractivity contribution in [3.8, 4) is 16.9 Å². The summed E-state index contributed by atoms with van der Waals surface area (Å²) < 4.78 is 10.9. The van der Waals surface area contributed by atoms with E-state index in [1.165, 1.54) is 11.3 Å². The van der Waals surface area contributed by atoms with Gasteiger partial charge in [0, 0.05) is 17.4 Å². The van der Waals surface area contributed by atoms with E-state index in [0.717, 1.165) is 16.0 Å². The molecule has 0 fully saturated rings. The van der Waals surface area contributed by atoms with Gasteiger partial charge < -0.3 is 14.8 Å². The molecule has 1 aliphatic rings. The number of imide groups is 1. The van der Waals surface area contributed by atoms with E-state index in [0.29, 0.717) is 17.9 Å². The van der Waals surface area contributed by atoms with E-state index in [2.05, 4.69) is 5.32 Å². The Hall–Kier alpha value is -4.76. The number of carbonyl (C=O) groups is 4. The molecule has 0 saturated heterocycles. The molecule has 1 aliphatic heterocycles. The second-order valence-electron chi connectivity index (χ2n) is 9.25. The van der Waals surface area contributed by atoms with Gasteiger partial charge in [-0.2, -0.15) is 0 Å². The molecule has 0 aliphatic carbocycles. The first-order valence-electron chi connectivity index (χ1n) is 13.3. The van der Waals surface area contributed by atoms with Gasteiger partial charge in [0.1, 0.15) is 22.4 Å². The van der Waals surface area contributed by atoms with Crippen LogP contribution in [-0.4, -0.2) is 47.8 Å². The van der Waals surface area contributed by atoms with Crippen molar-refractivity contribution in [3.05, 3.63) is 106 Å². The fourth-order valence-corrected chi connectivity index (χ4v) is 5.75. The second-order valence-corrected chi connectivity index (χ2v) is 10.1. The van der Waals surface area contributed by atoms with Crippen molar-refractivity contribution in [2.24, 2.45) is 0 Å². The lowest BCUT2D eigenvalue weighted by atomic mass is 10.0. The van der Waals surface area contributed by atoms with Gasteiger partial charge in [0.25, 0.3) is 11.8 Å². The molecule has 3 aromatic carbocycles. The zero-order valence-corrected chi connectivity index (χ0v) is 23.4. The highest BCUT2D eigenvalue weighted by atomic mass is 32.1. The number of nitrogens with one attached hydrogen (secondary N) is 1. The summed E-state index contributed by atoms with van der Waals surface area (Å²) in [5.41, 5.74) is 2.82. The molecule has 208 valence electrons. The van der Waals surface area contributed by atoms with Crippen LogP contribution in [0.5, 0.6) is 5.75 Å². The monoisotopic (exact) mass is 568 g/mol. The van der Waals surface area contributed by atoms with Crippen molar-refractivity contribution in [2.75, 3.05) is 18.5 Å². The summed E-state index contributed by atoms with van der Waals surface area (Å²) in [6.45, 7) is 4.28. The maximum absolute atomic E-state index is 13.9. The summed E-state index contributed by atoms with van der Waals surface area (Å²) in [6.07, 6.45) is 0.101. The van der Waals surface area contributed by atoms with E-state index >= 15 is 0 Å². The van der Waals surface area contributed by atoms with E-state index in [-0.39, 0.29) is 34.7 Å². The lowest BCUT2D eigenvalue weighted by molar-refractivity contribution is -0.119. The molecular weight excluding hydrogens is 540 g/mol. The van der Waals surface area contributed by atoms with Gasteiger partial charge >= 0.3 is 5.97 Å². The first-order valence-corrected chi connectivity index (χ1v) is 14.1. The normalized spacial score (nSPS) is 13.1. The zero-order valence-electron chi connectivity index (χ0n) is 22.6. The minimum absolute atomic E-state index is 0.101. The van der Waals surface area contributed by atoms with Crippen LogP contribution in [0.4, 0.5) is 5.00 Å². The maximum atomic E-state index is 13.9. The molecule has 1 atom stereocenters. The fraction of sp³-hybridized carbons (Fsp3) is 0.188. The molecule has 1 aromatic heterocycles. The number of nitrogens with zero attached hydrogens (tertiary/aromatic N) is 1. The van der Waals surface area contributed by atoms with Gasteiger partial charge in [0.2, 0.25) is 5.91 Å². The smallest absolute Gasteiger partial charge is 0.341 e. The predicted molar refractivity (Wildman–Crippen MR) is 156 cm³/mol. The van der Waals surface area contributed by atoms with Crippen molar-refractivity contribution in [3.63, 3.8) is 0 Å². The number of hydrogen-bond donors (Lipinski definition) is 1. The maximum Gasteiger partial charge on any atom is 0.341 e. The van der Waals surface area contributed by atoms with Crippen molar-refractivity contribution < 1.29 is 28.7 Å². The average Bonchev–Trinajstić information content (AvgIpc) is 3.51. The summed E-state index contributed by atoms with van der Waals surface area (Å²) in [4.78, 5) is 54.8. The Labute approximate surface area is 241 Å². The number of ether oxygens (including phenoxy) is 2. The Bertz CT molecular complexity index is 1560. The fourth-order valence-electron chi connectivity index (χ4n) is 4.79. The van der Waals surface area contributed by atoms with Crippen LogP contribution in [-0.2, 0) is 16.0 Å². The Morgan fingerprint density at radius 2 is 1.46 bits per heavy atom. The Morgan fingerprint density at radius 3 is 2.07 bits per heavy atom. The van der Waals surface area contributed by atoms with Crippen LogP contribution in [0, 0.1) is 0 Å². The molecule has 9 heteroatoms. The number of hydrogen-bond acceptors (Lipinski definition) is 7. The van der Waals surface area contributed by atoms with Gasteiger partial charge in [-0.05, 0) is 49.2 Å². The quantitative estimate of drug-likeness (QED) is 0.191. The summed E-state index contributed by atoms with van der Waals surface area (Å²) in [6, 6.07) is 21.8. The van der Waals surface area contributed by atoms with Gasteiger partial charge in [0.05, 0.1) is 24.3 Å². The molecule has 0 radical (unpaired) electrons. The SMILES string of the molecule is CCOC(=O)c1c(-c2ccc(OCC)cc2)csc1NC(=O)C(Cc1ccccc1)N1C(=O)c2ccccc2C1=O. The van der Waals surface area contributed by atoms with Crippen LogP contribution in [0.15, 0.2) is 84.2 Å². The Morgan fingerprint density at radius 1 is 0.829 bits per heavy atom. The standard InChI is InChI=1S/C32H28N2O6S/c1-3-39-22-16-14-21(15-17-22)25-19-41-29(27(25)32(38)40-4-2)33-28(35)26(18-20-10-6-5-7-11-20)34-30(36)23-12-8-9-13-24(23)31(34)37/h5-17,19,26H,3-4,18H2,1-2H3,(H,33,35). The number of thiophene rings is 1. The highest BCUT2D eigenvalue weighted by Gasteiger charge is 2.43. The number of fused-ring (bicyclic) bond motifs is 1. The van der Waals surface area contributed by atoms with Gasteiger partial charge in [-0.25, -0.2) is 4.79 Å². The van der Waals surface area contributed by atoms with Crippen molar-refractivity contribution in [1.82, 2.24) is 4.90 Å². The average molecular weight is 569 g/mol. The predicted octanol–water partition coefficient (Wildman–Crippen LogP) is 5.84. The summed E-state index contributed by atoms with van der Waals surface area (Å²) >= 11 is 1.17. The van der Waals surface area contributed by atoms with Gasteiger partial charge in [-0.1, -0.05) is 54.6 Å². The molecule has 3 amide bonds. The third kappa shape index (κ3) is 5.62. The minimum Gasteiger partial charge on any atom is -0.494 e. The van der Waals surface area contributed by atoms with E-state index in [4.69, 9.17) is 9.47 Å². The van der Waals surface area contributed by atoms with Crippen LogP contribution in [0.2, 0.25) is 0 Å². The molecule has 5 rings (SSSR count). The number of benzene rings is 3. The largest absolute Gasteiger partial charge is 0.494 e. The first kappa shape index (κ1) is 27.8. The number of esters is 1. The molecular formula is C32H28N2O6S. The molecule has 0 bridgehead atoms. The van der Waals surface area contributed by atoms with Crippen molar-refractivity contribution >= 4 is 40.0 Å². The summed E-state index contributed by atoms with van der Waals surface area (Å²) in [7, 11) is 0. The lowest BCUT2D eigenvalue weighted by Crippen LogP contribution is -2.48. The molecule has 0 spiro atoms. The number of amides is 3. The number of anilines is 1. The van der Waals surface area contributed by atoms with Gasteiger partial charge in [-0.15, -0.1) is 11.3 Å².